The fraction of sp³-hybridized carbons (Fsp3) is 0.333. The van der Waals surface area contributed by atoms with Crippen LogP contribution in [0.15, 0.2) is 48.5 Å². The molecule has 0 amide bonds. The molecule has 1 atom stereocenters. The number of rotatable bonds is 5. The molecule has 20 heavy (non-hydrogen) atoms. The van der Waals surface area contributed by atoms with Gasteiger partial charge in [0.1, 0.15) is 5.75 Å². The average molecular weight is 269 g/mol. The van der Waals surface area contributed by atoms with Crippen LogP contribution in [0.5, 0.6) is 5.75 Å². The molecule has 0 spiro atoms. The lowest BCUT2D eigenvalue weighted by Gasteiger charge is -2.27. The summed E-state index contributed by atoms with van der Waals surface area (Å²) in [6, 6.07) is 16.7. The first kappa shape index (κ1) is 14.6. The van der Waals surface area contributed by atoms with Crippen molar-refractivity contribution in [2.45, 2.75) is 32.2 Å². The van der Waals surface area contributed by atoms with Crippen LogP contribution in [0.2, 0.25) is 0 Å². The molecule has 0 saturated heterocycles. The van der Waals surface area contributed by atoms with E-state index in [0.29, 0.717) is 0 Å². The van der Waals surface area contributed by atoms with E-state index in [4.69, 9.17) is 10.5 Å². The van der Waals surface area contributed by atoms with Crippen molar-refractivity contribution in [1.82, 2.24) is 0 Å². The van der Waals surface area contributed by atoms with E-state index in [1.807, 2.05) is 24.3 Å². The van der Waals surface area contributed by atoms with Crippen LogP contribution in [0.4, 0.5) is 0 Å². The zero-order valence-corrected chi connectivity index (χ0v) is 12.5. The summed E-state index contributed by atoms with van der Waals surface area (Å²) in [7, 11) is 1.69. The minimum Gasteiger partial charge on any atom is -0.496 e. The maximum Gasteiger partial charge on any atom is 0.123 e. The second kappa shape index (κ2) is 6.10. The Labute approximate surface area is 121 Å². The number of para-hydroxylation sites is 1. The highest BCUT2D eigenvalue weighted by atomic mass is 16.5. The highest BCUT2D eigenvalue weighted by Crippen LogP contribution is 2.30. The Kier molecular flexibility index (Phi) is 4.46. The molecule has 0 aliphatic rings. The van der Waals surface area contributed by atoms with Gasteiger partial charge in [-0.05, 0) is 37.0 Å². The van der Waals surface area contributed by atoms with E-state index in [-0.39, 0.29) is 0 Å². The molecule has 0 heterocycles. The van der Waals surface area contributed by atoms with Crippen molar-refractivity contribution >= 4 is 0 Å². The molecule has 2 N–H and O–H groups in total. The number of hydrogen-bond donors (Lipinski definition) is 1. The third-order valence-corrected chi connectivity index (χ3v) is 3.72. The van der Waals surface area contributed by atoms with Crippen molar-refractivity contribution in [3.05, 3.63) is 65.2 Å². The van der Waals surface area contributed by atoms with Crippen molar-refractivity contribution in [2.75, 3.05) is 7.11 Å². The van der Waals surface area contributed by atoms with Crippen LogP contribution in [0.3, 0.4) is 0 Å². The fourth-order valence-corrected chi connectivity index (χ4v) is 2.53. The van der Waals surface area contributed by atoms with E-state index in [9.17, 15) is 0 Å². The maximum absolute atomic E-state index is 6.54. The Bertz CT molecular complexity index is 558. The number of methoxy groups -OCH3 is 1. The van der Waals surface area contributed by atoms with E-state index < -0.39 is 5.54 Å². The molecule has 1 unspecified atom stereocenters. The molecule has 0 aromatic heterocycles. The van der Waals surface area contributed by atoms with Gasteiger partial charge in [-0.25, -0.2) is 0 Å². The number of nitrogens with two attached hydrogens (primary N) is 1. The van der Waals surface area contributed by atoms with Gasteiger partial charge in [-0.1, -0.05) is 49.4 Å². The molecule has 2 rings (SSSR count). The highest BCUT2D eigenvalue weighted by Gasteiger charge is 2.25. The SMILES string of the molecule is CCc1ccc(CC(C)(N)c2ccccc2OC)cc1. The average Bonchev–Trinajstić information content (AvgIpc) is 2.47. The van der Waals surface area contributed by atoms with E-state index in [0.717, 1.165) is 24.2 Å². The topological polar surface area (TPSA) is 35.2 Å². The molecule has 0 radical (unpaired) electrons. The Morgan fingerprint density at radius 1 is 1.00 bits per heavy atom. The third-order valence-electron chi connectivity index (χ3n) is 3.72. The van der Waals surface area contributed by atoms with Gasteiger partial charge in [0.2, 0.25) is 0 Å². The summed E-state index contributed by atoms with van der Waals surface area (Å²) >= 11 is 0. The second-order valence-corrected chi connectivity index (χ2v) is 5.46. The van der Waals surface area contributed by atoms with Gasteiger partial charge in [0.05, 0.1) is 7.11 Å². The van der Waals surface area contributed by atoms with E-state index in [1.54, 1.807) is 7.11 Å². The van der Waals surface area contributed by atoms with Crippen molar-refractivity contribution in [2.24, 2.45) is 5.73 Å². The van der Waals surface area contributed by atoms with Crippen LogP contribution in [0.25, 0.3) is 0 Å². The zero-order chi connectivity index (χ0) is 14.6. The molecule has 2 aromatic rings. The second-order valence-electron chi connectivity index (χ2n) is 5.46. The van der Waals surface area contributed by atoms with Gasteiger partial charge in [0, 0.05) is 11.1 Å². The molecule has 0 saturated carbocycles. The minimum atomic E-state index is -0.444. The van der Waals surface area contributed by atoms with E-state index in [1.165, 1.54) is 11.1 Å². The summed E-state index contributed by atoms with van der Waals surface area (Å²) in [6.07, 6.45) is 1.85. The number of ether oxygens (including phenoxy) is 1. The summed E-state index contributed by atoms with van der Waals surface area (Å²) < 4.78 is 5.43. The Balaban J connectivity index is 2.25. The molecule has 0 fully saturated rings. The Morgan fingerprint density at radius 2 is 1.60 bits per heavy atom. The molecular formula is C18H23NO. The van der Waals surface area contributed by atoms with E-state index in [2.05, 4.69) is 38.1 Å². The van der Waals surface area contributed by atoms with Gasteiger partial charge in [-0.2, -0.15) is 0 Å². The van der Waals surface area contributed by atoms with Gasteiger partial charge in [-0.15, -0.1) is 0 Å². The summed E-state index contributed by atoms with van der Waals surface area (Å²) in [4.78, 5) is 0. The fourth-order valence-electron chi connectivity index (χ4n) is 2.53. The first-order valence-electron chi connectivity index (χ1n) is 7.07. The quantitative estimate of drug-likeness (QED) is 0.898. The molecule has 0 aliphatic heterocycles. The Hall–Kier alpha value is -1.80. The zero-order valence-electron chi connectivity index (χ0n) is 12.5. The molecule has 106 valence electrons. The number of hydrogen-bond acceptors (Lipinski definition) is 2. The maximum atomic E-state index is 6.54. The summed E-state index contributed by atoms with van der Waals surface area (Å²) in [5.41, 5.74) is 9.74. The molecule has 2 heteroatoms. The first-order valence-corrected chi connectivity index (χ1v) is 7.07. The monoisotopic (exact) mass is 269 g/mol. The minimum absolute atomic E-state index is 0.444. The van der Waals surface area contributed by atoms with Crippen LogP contribution in [-0.2, 0) is 18.4 Å². The van der Waals surface area contributed by atoms with Crippen LogP contribution in [0.1, 0.15) is 30.5 Å². The predicted octanol–water partition coefficient (Wildman–Crippen LogP) is 3.67. The van der Waals surface area contributed by atoms with Crippen LogP contribution >= 0.6 is 0 Å². The summed E-state index contributed by atoms with van der Waals surface area (Å²) in [6.45, 7) is 4.22. The van der Waals surface area contributed by atoms with Crippen molar-refractivity contribution in [1.29, 1.82) is 0 Å². The molecular weight excluding hydrogens is 246 g/mol. The first-order chi connectivity index (χ1) is 9.56. The number of benzene rings is 2. The third kappa shape index (κ3) is 3.20. The standard InChI is InChI=1S/C18H23NO/c1-4-14-9-11-15(12-10-14)13-18(2,19)16-7-5-6-8-17(16)20-3/h5-12H,4,13,19H2,1-3H3. The van der Waals surface area contributed by atoms with Crippen LogP contribution < -0.4 is 10.5 Å². The lowest BCUT2D eigenvalue weighted by molar-refractivity contribution is 0.386. The lowest BCUT2D eigenvalue weighted by Crippen LogP contribution is -2.35. The molecule has 2 aromatic carbocycles. The Morgan fingerprint density at radius 3 is 2.20 bits per heavy atom. The highest BCUT2D eigenvalue weighted by molar-refractivity contribution is 5.40. The van der Waals surface area contributed by atoms with Crippen LogP contribution in [-0.4, -0.2) is 7.11 Å². The van der Waals surface area contributed by atoms with E-state index >= 15 is 0 Å². The normalized spacial score (nSPS) is 13.8. The van der Waals surface area contributed by atoms with Crippen molar-refractivity contribution < 1.29 is 4.74 Å². The molecule has 2 nitrogen and oxygen atoms in total. The van der Waals surface area contributed by atoms with Crippen molar-refractivity contribution in [3.63, 3.8) is 0 Å². The van der Waals surface area contributed by atoms with Gasteiger partial charge >= 0.3 is 0 Å². The molecule has 0 bridgehead atoms. The van der Waals surface area contributed by atoms with Gasteiger partial charge in [-0.3, -0.25) is 0 Å². The lowest BCUT2D eigenvalue weighted by atomic mass is 9.86. The summed E-state index contributed by atoms with van der Waals surface area (Å²) in [5, 5.41) is 0. The molecule has 0 aliphatic carbocycles. The van der Waals surface area contributed by atoms with Crippen molar-refractivity contribution in [3.8, 4) is 5.75 Å². The summed E-state index contributed by atoms with van der Waals surface area (Å²) in [5.74, 6) is 0.850. The van der Waals surface area contributed by atoms with Gasteiger partial charge in [0.25, 0.3) is 0 Å². The van der Waals surface area contributed by atoms with Crippen LogP contribution in [0, 0.1) is 0 Å². The predicted molar refractivity (Wildman–Crippen MR) is 84.1 cm³/mol. The largest absolute Gasteiger partial charge is 0.496 e. The smallest absolute Gasteiger partial charge is 0.123 e. The van der Waals surface area contributed by atoms with Gasteiger partial charge in [0.15, 0.2) is 0 Å². The number of aryl methyl sites for hydroxylation is 1. The van der Waals surface area contributed by atoms with Gasteiger partial charge < -0.3 is 10.5 Å².